The molecule has 0 aliphatic carbocycles. The summed E-state index contributed by atoms with van der Waals surface area (Å²) < 4.78 is 0. The summed E-state index contributed by atoms with van der Waals surface area (Å²) in [6.45, 7) is 3.75. The molecule has 62 valence electrons. The van der Waals surface area contributed by atoms with E-state index in [4.69, 9.17) is 10.5 Å². The molecule has 1 aromatic rings. The lowest BCUT2D eigenvalue weighted by Crippen LogP contribution is -1.95. The average Bonchev–Trinajstić information content (AvgIpc) is 2.35. The van der Waals surface area contributed by atoms with Gasteiger partial charge in [-0.25, -0.2) is 4.98 Å². The van der Waals surface area contributed by atoms with E-state index in [0.29, 0.717) is 5.01 Å². The van der Waals surface area contributed by atoms with Crippen LogP contribution in [0.5, 0.6) is 0 Å². The highest BCUT2D eigenvalue weighted by atomic mass is 32.1. The predicted octanol–water partition coefficient (Wildman–Crippen LogP) is 1.46. The zero-order chi connectivity index (χ0) is 9.14. The van der Waals surface area contributed by atoms with Crippen molar-refractivity contribution < 1.29 is 5.21 Å². The number of rotatable bonds is 1. The van der Waals surface area contributed by atoms with E-state index in [2.05, 4.69) is 10.1 Å². The van der Waals surface area contributed by atoms with Gasteiger partial charge in [0.25, 0.3) is 0 Å². The lowest BCUT2D eigenvalue weighted by atomic mass is 10.4. The maximum Gasteiger partial charge on any atom is 0.215 e. The van der Waals surface area contributed by atoms with Crippen LogP contribution in [0, 0.1) is 25.2 Å². The Balaban J connectivity index is 3.14. The molecule has 1 heterocycles. The Morgan fingerprint density at radius 1 is 1.67 bits per heavy atom. The van der Waals surface area contributed by atoms with Gasteiger partial charge in [-0.1, -0.05) is 5.16 Å². The van der Waals surface area contributed by atoms with E-state index in [-0.39, 0.29) is 5.71 Å². The molecule has 5 heteroatoms. The number of nitrogens with zero attached hydrogens (tertiary/aromatic N) is 3. The highest BCUT2D eigenvalue weighted by Gasteiger charge is 2.09. The Labute approximate surface area is 73.8 Å². The summed E-state index contributed by atoms with van der Waals surface area (Å²) in [6.07, 6.45) is 0. The summed E-state index contributed by atoms with van der Waals surface area (Å²) in [5.41, 5.74) is 0.836. The third-order valence-electron chi connectivity index (χ3n) is 1.44. The minimum atomic E-state index is -0.0313. The second-order valence-electron chi connectivity index (χ2n) is 2.22. The molecular weight excluding hydrogens is 174 g/mol. The number of aromatic nitrogens is 1. The Kier molecular flexibility index (Phi) is 2.41. The molecule has 0 radical (unpaired) electrons. The minimum absolute atomic E-state index is 0.0313. The van der Waals surface area contributed by atoms with Gasteiger partial charge in [0.05, 0.1) is 5.69 Å². The van der Waals surface area contributed by atoms with E-state index < -0.39 is 0 Å². The van der Waals surface area contributed by atoms with E-state index in [1.807, 2.05) is 13.8 Å². The Hall–Kier alpha value is -1.41. The fraction of sp³-hybridized carbons (Fsp3) is 0.286. The summed E-state index contributed by atoms with van der Waals surface area (Å²) in [5, 5.41) is 20.2. The lowest BCUT2D eigenvalue weighted by molar-refractivity contribution is 0.320. The molecule has 0 fully saturated rings. The molecule has 0 spiro atoms. The van der Waals surface area contributed by atoms with Gasteiger partial charge in [0.2, 0.25) is 5.71 Å². The van der Waals surface area contributed by atoms with Gasteiger partial charge in [0.1, 0.15) is 6.07 Å². The topological polar surface area (TPSA) is 69.3 Å². The molecular formula is C7H7N3OS. The van der Waals surface area contributed by atoms with Crippen LogP contribution < -0.4 is 0 Å². The molecule has 1 N–H and O–H groups in total. The molecule has 12 heavy (non-hydrogen) atoms. The third-order valence-corrected chi connectivity index (χ3v) is 2.52. The van der Waals surface area contributed by atoms with Crippen LogP contribution in [0.25, 0.3) is 0 Å². The molecule has 0 saturated heterocycles. The highest BCUT2D eigenvalue weighted by Crippen LogP contribution is 2.16. The number of hydrogen-bond donors (Lipinski definition) is 1. The monoisotopic (exact) mass is 181 g/mol. The van der Waals surface area contributed by atoms with Crippen molar-refractivity contribution in [1.82, 2.24) is 4.98 Å². The molecule has 1 aromatic heterocycles. The van der Waals surface area contributed by atoms with E-state index in [9.17, 15) is 0 Å². The smallest absolute Gasteiger partial charge is 0.215 e. The predicted molar refractivity (Wildman–Crippen MR) is 45.5 cm³/mol. The molecule has 0 bridgehead atoms. The summed E-state index contributed by atoms with van der Waals surface area (Å²) in [7, 11) is 0. The number of nitriles is 1. The maximum atomic E-state index is 8.51. The van der Waals surface area contributed by atoms with Gasteiger partial charge < -0.3 is 5.21 Å². The average molecular weight is 181 g/mol. The van der Waals surface area contributed by atoms with Crippen LogP contribution in [0.3, 0.4) is 0 Å². The summed E-state index contributed by atoms with van der Waals surface area (Å²) >= 11 is 1.35. The standard InChI is InChI=1S/C7H7N3OS/c1-4-5(2)12-7(9-4)6(3-8)10-11/h11H,1-2H3/b10-6+. The fourth-order valence-electron chi connectivity index (χ4n) is 0.687. The van der Waals surface area contributed by atoms with Crippen molar-refractivity contribution in [3.05, 3.63) is 15.6 Å². The van der Waals surface area contributed by atoms with Crippen molar-refractivity contribution in [1.29, 1.82) is 5.26 Å². The second kappa shape index (κ2) is 3.32. The van der Waals surface area contributed by atoms with Crippen molar-refractivity contribution in [2.75, 3.05) is 0 Å². The molecule has 0 aliphatic rings. The van der Waals surface area contributed by atoms with Crippen LogP contribution in [0.2, 0.25) is 0 Å². The molecule has 0 amide bonds. The molecule has 0 aliphatic heterocycles. The minimum Gasteiger partial charge on any atom is -0.410 e. The van der Waals surface area contributed by atoms with E-state index in [1.54, 1.807) is 6.07 Å². The number of oxime groups is 1. The third kappa shape index (κ3) is 1.43. The van der Waals surface area contributed by atoms with Gasteiger partial charge >= 0.3 is 0 Å². The van der Waals surface area contributed by atoms with E-state index in [0.717, 1.165) is 10.6 Å². The van der Waals surface area contributed by atoms with Crippen molar-refractivity contribution >= 4 is 17.0 Å². The van der Waals surface area contributed by atoms with Crippen LogP contribution in [0.1, 0.15) is 15.6 Å². The van der Waals surface area contributed by atoms with Gasteiger partial charge in [0.15, 0.2) is 5.01 Å². The van der Waals surface area contributed by atoms with Crippen molar-refractivity contribution in [2.45, 2.75) is 13.8 Å². The van der Waals surface area contributed by atoms with Crippen LogP contribution in [-0.4, -0.2) is 15.9 Å². The zero-order valence-corrected chi connectivity index (χ0v) is 7.51. The van der Waals surface area contributed by atoms with Gasteiger partial charge in [-0.2, -0.15) is 5.26 Å². The molecule has 0 aromatic carbocycles. The van der Waals surface area contributed by atoms with Gasteiger partial charge in [0, 0.05) is 4.88 Å². The van der Waals surface area contributed by atoms with E-state index >= 15 is 0 Å². The largest absolute Gasteiger partial charge is 0.410 e. The lowest BCUT2D eigenvalue weighted by Gasteiger charge is -1.83. The van der Waals surface area contributed by atoms with Gasteiger partial charge in [-0.15, -0.1) is 11.3 Å². The summed E-state index contributed by atoms with van der Waals surface area (Å²) in [6, 6.07) is 1.76. The van der Waals surface area contributed by atoms with Crippen molar-refractivity contribution in [2.24, 2.45) is 5.16 Å². The SMILES string of the molecule is Cc1nc(/C(C#N)=N/O)sc1C. The van der Waals surface area contributed by atoms with Crippen LogP contribution in [0.4, 0.5) is 0 Å². The maximum absolute atomic E-state index is 8.51. The Morgan fingerprint density at radius 2 is 2.33 bits per heavy atom. The molecule has 0 saturated carbocycles. The quantitative estimate of drug-likeness (QED) is 0.405. The normalized spacial score (nSPS) is 11.2. The van der Waals surface area contributed by atoms with Crippen molar-refractivity contribution in [3.8, 4) is 6.07 Å². The van der Waals surface area contributed by atoms with Crippen LogP contribution in [-0.2, 0) is 0 Å². The summed E-state index contributed by atoms with van der Waals surface area (Å²) in [4.78, 5) is 5.09. The first-order valence-electron chi connectivity index (χ1n) is 3.25. The number of aryl methyl sites for hydroxylation is 2. The highest BCUT2D eigenvalue weighted by molar-refractivity contribution is 7.14. The Bertz CT molecular complexity index is 342. The number of thiazole rings is 1. The zero-order valence-electron chi connectivity index (χ0n) is 6.70. The number of hydrogen-bond acceptors (Lipinski definition) is 5. The second-order valence-corrected chi connectivity index (χ2v) is 3.42. The molecule has 0 unspecified atom stereocenters. The summed E-state index contributed by atoms with van der Waals surface area (Å²) in [5.74, 6) is 0. The van der Waals surface area contributed by atoms with Gasteiger partial charge in [-0.05, 0) is 13.8 Å². The van der Waals surface area contributed by atoms with E-state index in [1.165, 1.54) is 11.3 Å². The first kappa shape index (κ1) is 8.68. The van der Waals surface area contributed by atoms with Crippen LogP contribution in [0.15, 0.2) is 5.16 Å². The Morgan fingerprint density at radius 3 is 2.67 bits per heavy atom. The van der Waals surface area contributed by atoms with Crippen LogP contribution >= 0.6 is 11.3 Å². The molecule has 4 nitrogen and oxygen atoms in total. The molecule has 0 atom stereocenters. The van der Waals surface area contributed by atoms with Gasteiger partial charge in [-0.3, -0.25) is 0 Å². The fourth-order valence-corrected chi connectivity index (χ4v) is 1.54. The molecule has 1 rings (SSSR count). The van der Waals surface area contributed by atoms with Crippen molar-refractivity contribution in [3.63, 3.8) is 0 Å². The first-order chi connectivity index (χ1) is 5.69. The first-order valence-corrected chi connectivity index (χ1v) is 4.07.